The number of hydrogen-bond donors (Lipinski definition) is 0. The fraction of sp³-hybridized carbons (Fsp3) is 0.500. The van der Waals surface area contributed by atoms with E-state index < -0.39 is 16.1 Å². The summed E-state index contributed by atoms with van der Waals surface area (Å²) in [6, 6.07) is 6.93. The van der Waals surface area contributed by atoms with Gasteiger partial charge in [0.25, 0.3) is 0 Å². The Morgan fingerprint density at radius 2 is 1.65 bits per heavy atom. The number of piperazine rings is 1. The van der Waals surface area contributed by atoms with E-state index in [1.165, 1.54) is 0 Å². The van der Waals surface area contributed by atoms with Crippen LogP contribution in [0.25, 0.3) is 0 Å². The molecule has 1 aromatic rings. The van der Waals surface area contributed by atoms with Crippen LogP contribution in [-0.2, 0) is 19.6 Å². The number of amides is 2. The number of halogens is 1. The monoisotopic (exact) mass is 495 g/mol. The Morgan fingerprint density at radius 3 is 2.15 bits per heavy atom. The molecule has 26 heavy (non-hydrogen) atoms. The van der Waals surface area contributed by atoms with Crippen molar-refractivity contribution in [3.8, 4) is 0 Å². The lowest BCUT2D eigenvalue weighted by Crippen LogP contribution is -2.53. The summed E-state index contributed by atoms with van der Waals surface area (Å²) < 4.78 is 31.3. The fourth-order valence-corrected chi connectivity index (χ4v) is 3.79. The van der Waals surface area contributed by atoms with E-state index in [1.807, 2.05) is 0 Å². The van der Waals surface area contributed by atoms with E-state index in [-0.39, 0.29) is 12.5 Å². The lowest BCUT2D eigenvalue weighted by atomic mass is 10.3. The van der Waals surface area contributed by atoms with Gasteiger partial charge in [0, 0.05) is 29.7 Å². The minimum Gasteiger partial charge on any atom is -0.450 e. The zero-order valence-electron chi connectivity index (χ0n) is 14.7. The molecule has 0 aliphatic carbocycles. The van der Waals surface area contributed by atoms with Crippen LogP contribution in [0.2, 0.25) is 0 Å². The van der Waals surface area contributed by atoms with Crippen LogP contribution >= 0.6 is 22.6 Å². The van der Waals surface area contributed by atoms with E-state index in [9.17, 15) is 18.0 Å². The number of hydrogen-bond acceptors (Lipinski definition) is 5. The summed E-state index contributed by atoms with van der Waals surface area (Å²) in [5.41, 5.74) is 0.450. The number of sulfonamides is 1. The second-order valence-corrected chi connectivity index (χ2v) is 8.97. The number of benzene rings is 1. The molecule has 10 heteroatoms. The van der Waals surface area contributed by atoms with Crippen LogP contribution in [0.4, 0.5) is 10.5 Å². The summed E-state index contributed by atoms with van der Waals surface area (Å²) in [6.07, 6.45) is 0.688. The second kappa shape index (κ2) is 8.89. The van der Waals surface area contributed by atoms with Crippen molar-refractivity contribution in [3.63, 3.8) is 0 Å². The number of carbonyl (C=O) groups is 2. The van der Waals surface area contributed by atoms with Gasteiger partial charge in [-0.15, -0.1) is 0 Å². The molecule has 1 saturated heterocycles. The van der Waals surface area contributed by atoms with E-state index in [0.717, 1.165) is 14.1 Å². The van der Waals surface area contributed by atoms with Crippen LogP contribution in [0, 0.1) is 3.57 Å². The highest BCUT2D eigenvalue weighted by atomic mass is 127. The SMILES string of the molecule is CCOC(=O)N1CCN(C(=O)CN(c2ccc(I)cc2)S(C)(=O)=O)CC1. The van der Waals surface area contributed by atoms with Gasteiger partial charge < -0.3 is 14.5 Å². The number of nitrogens with zero attached hydrogens (tertiary/aromatic N) is 3. The summed E-state index contributed by atoms with van der Waals surface area (Å²) in [7, 11) is -3.60. The predicted molar refractivity (Wildman–Crippen MR) is 107 cm³/mol. The molecule has 1 aliphatic rings. The van der Waals surface area contributed by atoms with Gasteiger partial charge in [-0.1, -0.05) is 0 Å². The van der Waals surface area contributed by atoms with Gasteiger partial charge in [0.1, 0.15) is 6.54 Å². The maximum Gasteiger partial charge on any atom is 0.409 e. The van der Waals surface area contributed by atoms with Crippen LogP contribution < -0.4 is 4.31 Å². The van der Waals surface area contributed by atoms with Crippen molar-refractivity contribution in [1.29, 1.82) is 0 Å². The van der Waals surface area contributed by atoms with Crippen molar-refractivity contribution < 1.29 is 22.7 Å². The first-order valence-electron chi connectivity index (χ1n) is 8.15. The van der Waals surface area contributed by atoms with Gasteiger partial charge in [0.05, 0.1) is 18.6 Å². The maximum atomic E-state index is 12.6. The molecule has 2 amide bonds. The van der Waals surface area contributed by atoms with E-state index in [4.69, 9.17) is 4.74 Å². The first kappa shape index (κ1) is 20.7. The van der Waals surface area contributed by atoms with E-state index in [2.05, 4.69) is 22.6 Å². The van der Waals surface area contributed by atoms with Gasteiger partial charge in [-0.05, 0) is 53.8 Å². The molecule has 0 N–H and O–H groups in total. The normalized spacial score (nSPS) is 14.9. The molecule has 0 bridgehead atoms. The second-order valence-electron chi connectivity index (χ2n) is 5.81. The molecule has 144 valence electrons. The zero-order valence-corrected chi connectivity index (χ0v) is 17.7. The average Bonchev–Trinajstić information content (AvgIpc) is 2.60. The highest BCUT2D eigenvalue weighted by molar-refractivity contribution is 14.1. The van der Waals surface area contributed by atoms with Crippen LogP contribution in [0.3, 0.4) is 0 Å². The van der Waals surface area contributed by atoms with Crippen molar-refractivity contribution >= 4 is 50.3 Å². The van der Waals surface area contributed by atoms with Gasteiger partial charge in [-0.2, -0.15) is 0 Å². The van der Waals surface area contributed by atoms with Gasteiger partial charge in [-0.25, -0.2) is 13.2 Å². The molecule has 1 aromatic carbocycles. The molecule has 1 heterocycles. The Labute approximate surface area is 167 Å². The predicted octanol–water partition coefficient (Wildman–Crippen LogP) is 1.36. The lowest BCUT2D eigenvalue weighted by Gasteiger charge is -2.35. The molecule has 2 rings (SSSR count). The number of ether oxygens (including phenoxy) is 1. The number of carbonyl (C=O) groups excluding carboxylic acids is 2. The minimum atomic E-state index is -3.60. The Bertz CT molecular complexity index is 746. The van der Waals surface area contributed by atoms with Crippen molar-refractivity contribution in [2.75, 3.05) is 49.9 Å². The third-order valence-electron chi connectivity index (χ3n) is 3.95. The number of anilines is 1. The Morgan fingerprint density at radius 1 is 1.12 bits per heavy atom. The Kier molecular flexibility index (Phi) is 7.09. The van der Waals surface area contributed by atoms with Gasteiger partial charge >= 0.3 is 6.09 Å². The Balaban J connectivity index is 2.02. The first-order chi connectivity index (χ1) is 12.2. The summed E-state index contributed by atoms with van der Waals surface area (Å²) >= 11 is 2.13. The van der Waals surface area contributed by atoms with E-state index in [0.29, 0.717) is 38.5 Å². The third-order valence-corrected chi connectivity index (χ3v) is 5.81. The van der Waals surface area contributed by atoms with Gasteiger partial charge in [0.2, 0.25) is 15.9 Å². The average molecular weight is 495 g/mol. The summed E-state index contributed by atoms with van der Waals surface area (Å²) in [5.74, 6) is -0.294. The highest BCUT2D eigenvalue weighted by Crippen LogP contribution is 2.19. The standard InChI is InChI=1S/C16H22IN3O5S/c1-3-25-16(22)19-10-8-18(9-11-19)15(21)12-20(26(2,23)24)14-6-4-13(17)5-7-14/h4-7H,3,8-12H2,1-2H3. The molecule has 8 nitrogen and oxygen atoms in total. The molecule has 0 aromatic heterocycles. The van der Waals surface area contributed by atoms with E-state index >= 15 is 0 Å². The molecule has 0 unspecified atom stereocenters. The van der Waals surface area contributed by atoms with Crippen molar-refractivity contribution in [2.45, 2.75) is 6.92 Å². The smallest absolute Gasteiger partial charge is 0.409 e. The molecular weight excluding hydrogens is 473 g/mol. The fourth-order valence-electron chi connectivity index (χ4n) is 2.58. The van der Waals surface area contributed by atoms with E-state index in [1.54, 1.807) is 41.0 Å². The minimum absolute atomic E-state index is 0.265. The highest BCUT2D eigenvalue weighted by Gasteiger charge is 2.28. The van der Waals surface area contributed by atoms with Crippen molar-refractivity contribution in [2.24, 2.45) is 0 Å². The largest absolute Gasteiger partial charge is 0.450 e. The topological polar surface area (TPSA) is 87.2 Å². The summed E-state index contributed by atoms with van der Waals surface area (Å²) in [5, 5.41) is 0. The van der Waals surface area contributed by atoms with Crippen LogP contribution in [-0.4, -0.2) is 75.8 Å². The molecule has 0 radical (unpaired) electrons. The lowest BCUT2D eigenvalue weighted by molar-refractivity contribution is -0.131. The molecule has 0 saturated carbocycles. The summed E-state index contributed by atoms with van der Waals surface area (Å²) in [6.45, 7) is 3.21. The van der Waals surface area contributed by atoms with Crippen molar-refractivity contribution in [3.05, 3.63) is 27.8 Å². The first-order valence-corrected chi connectivity index (χ1v) is 11.1. The zero-order chi connectivity index (χ0) is 19.3. The van der Waals surface area contributed by atoms with Gasteiger partial charge in [-0.3, -0.25) is 9.10 Å². The quantitative estimate of drug-likeness (QED) is 0.576. The molecule has 0 spiro atoms. The van der Waals surface area contributed by atoms with Crippen molar-refractivity contribution in [1.82, 2.24) is 9.80 Å². The molecule has 1 aliphatic heterocycles. The molecule has 1 fully saturated rings. The number of rotatable bonds is 5. The Hall–Kier alpha value is -1.56. The van der Waals surface area contributed by atoms with Crippen LogP contribution in [0.1, 0.15) is 6.92 Å². The van der Waals surface area contributed by atoms with Crippen LogP contribution in [0.15, 0.2) is 24.3 Å². The maximum absolute atomic E-state index is 12.6. The molecular formula is C16H22IN3O5S. The molecule has 0 atom stereocenters. The van der Waals surface area contributed by atoms with Crippen LogP contribution in [0.5, 0.6) is 0 Å². The summed E-state index contributed by atoms with van der Waals surface area (Å²) in [4.78, 5) is 27.4. The third kappa shape index (κ3) is 5.47. The van der Waals surface area contributed by atoms with Gasteiger partial charge in [0.15, 0.2) is 0 Å².